The van der Waals surface area contributed by atoms with Crippen molar-refractivity contribution in [1.82, 2.24) is 0 Å². The summed E-state index contributed by atoms with van der Waals surface area (Å²) < 4.78 is 43.1. The zero-order valence-corrected chi connectivity index (χ0v) is 19.2. The highest BCUT2D eigenvalue weighted by Gasteiger charge is 2.53. The molecule has 0 aliphatic carbocycles. The third-order valence-electron chi connectivity index (χ3n) is 6.18. The Morgan fingerprint density at radius 1 is 0.829 bits per heavy atom. The lowest BCUT2D eigenvalue weighted by molar-refractivity contribution is 0.0224. The van der Waals surface area contributed by atoms with Crippen molar-refractivity contribution in [3.63, 3.8) is 0 Å². The maximum atomic E-state index is 12.8. The number of aromatic hydroxyl groups is 1. The van der Waals surface area contributed by atoms with Crippen molar-refractivity contribution in [1.29, 1.82) is 0 Å². The third-order valence-corrected chi connectivity index (χ3v) is 7.45. The molecule has 2 aliphatic heterocycles. The molecule has 0 bridgehead atoms. The minimum Gasteiger partial charge on any atom is -0.508 e. The molecule has 0 aromatic heterocycles. The van der Waals surface area contributed by atoms with Crippen LogP contribution in [0.1, 0.15) is 32.6 Å². The van der Waals surface area contributed by atoms with Gasteiger partial charge in [-0.05, 0) is 49.4 Å². The summed E-state index contributed by atoms with van der Waals surface area (Å²) in [4.78, 5) is 12.9. The average molecular weight is 487 g/mol. The fourth-order valence-electron chi connectivity index (χ4n) is 4.58. The third kappa shape index (κ3) is 3.18. The summed E-state index contributed by atoms with van der Waals surface area (Å²) in [7, 11) is -4.09. The number of hydrogen-bond acceptors (Lipinski definition) is 7. The molecule has 0 saturated heterocycles. The number of esters is 1. The van der Waals surface area contributed by atoms with Gasteiger partial charge in [-0.15, -0.1) is 0 Å². The van der Waals surface area contributed by atoms with E-state index in [1.165, 1.54) is 36.4 Å². The molecule has 1 atom stereocenters. The maximum absolute atomic E-state index is 12.8. The van der Waals surface area contributed by atoms with Crippen LogP contribution in [-0.2, 0) is 20.5 Å². The van der Waals surface area contributed by atoms with Gasteiger partial charge >= 0.3 is 16.1 Å². The Morgan fingerprint density at radius 3 is 2.29 bits per heavy atom. The summed E-state index contributed by atoms with van der Waals surface area (Å²) in [6.45, 7) is 1.86. The molecule has 2 heterocycles. The van der Waals surface area contributed by atoms with Gasteiger partial charge in [0.1, 0.15) is 27.9 Å². The first-order chi connectivity index (χ1) is 16.8. The topological polar surface area (TPSA) is 99.1 Å². The van der Waals surface area contributed by atoms with E-state index >= 15 is 0 Å². The van der Waals surface area contributed by atoms with E-state index in [1.807, 2.05) is 13.0 Å². The average Bonchev–Trinajstić information content (AvgIpc) is 3.12. The van der Waals surface area contributed by atoms with Crippen molar-refractivity contribution in [3.05, 3.63) is 113 Å². The molecule has 7 nitrogen and oxygen atoms in total. The van der Waals surface area contributed by atoms with Crippen molar-refractivity contribution in [2.75, 3.05) is 0 Å². The van der Waals surface area contributed by atoms with E-state index < -0.39 is 21.7 Å². The molecular weight excluding hydrogens is 468 g/mol. The minimum absolute atomic E-state index is 0.0205. The SMILES string of the molecule is Cc1ccc(S(=O)(=O)Oc2ccc3c(c2)Oc2cc(O)ccc2C32OC(=O)c3ccccc32)cc1. The monoisotopic (exact) mass is 486 g/mol. The number of benzene rings is 4. The molecule has 1 N–H and O–H groups in total. The van der Waals surface area contributed by atoms with Crippen molar-refractivity contribution in [3.8, 4) is 23.0 Å². The molecule has 1 unspecified atom stereocenters. The van der Waals surface area contributed by atoms with Crippen LogP contribution in [0.3, 0.4) is 0 Å². The normalized spacial score (nSPS) is 17.7. The van der Waals surface area contributed by atoms with Crippen LogP contribution in [0.2, 0.25) is 0 Å². The van der Waals surface area contributed by atoms with Crippen LogP contribution in [0.25, 0.3) is 0 Å². The van der Waals surface area contributed by atoms with Crippen LogP contribution in [0.4, 0.5) is 0 Å². The second-order valence-corrected chi connectivity index (χ2v) is 9.95. The molecule has 174 valence electrons. The van der Waals surface area contributed by atoms with Gasteiger partial charge in [-0.1, -0.05) is 35.9 Å². The number of carbonyl (C=O) groups is 1. The van der Waals surface area contributed by atoms with E-state index in [0.29, 0.717) is 22.3 Å². The molecule has 4 aromatic carbocycles. The molecule has 0 amide bonds. The summed E-state index contributed by atoms with van der Waals surface area (Å²) in [5.41, 5.74) is 1.70. The van der Waals surface area contributed by atoms with Crippen molar-refractivity contribution in [2.45, 2.75) is 17.4 Å². The summed E-state index contributed by atoms with van der Waals surface area (Å²) in [5.74, 6) is 0.0227. The molecule has 6 rings (SSSR count). The highest BCUT2D eigenvalue weighted by molar-refractivity contribution is 7.87. The van der Waals surface area contributed by atoms with Gasteiger partial charge in [0.2, 0.25) is 0 Å². The quantitative estimate of drug-likeness (QED) is 0.320. The Balaban J connectivity index is 1.50. The molecule has 0 saturated carbocycles. The lowest BCUT2D eigenvalue weighted by atomic mass is 9.77. The first-order valence-electron chi connectivity index (χ1n) is 10.8. The predicted octanol–water partition coefficient (Wildman–Crippen LogP) is 5.04. The van der Waals surface area contributed by atoms with Crippen LogP contribution in [0.15, 0.2) is 89.8 Å². The molecule has 2 aliphatic rings. The Hall–Kier alpha value is -4.30. The van der Waals surface area contributed by atoms with Crippen LogP contribution < -0.4 is 8.92 Å². The Bertz CT molecular complexity index is 1620. The number of hydrogen-bond donors (Lipinski definition) is 1. The van der Waals surface area contributed by atoms with Crippen molar-refractivity contribution >= 4 is 16.1 Å². The van der Waals surface area contributed by atoms with E-state index in [9.17, 15) is 18.3 Å². The van der Waals surface area contributed by atoms with Crippen molar-refractivity contribution in [2.24, 2.45) is 0 Å². The van der Waals surface area contributed by atoms with Gasteiger partial charge in [0.15, 0.2) is 5.60 Å². The standard InChI is InChI=1S/C27H18O7S/c1-16-6-10-19(11-7-16)35(30,31)34-18-9-13-23-25(15-18)32-24-14-17(28)8-12-22(24)27(23)21-5-3-2-4-20(21)26(29)33-27/h2-15,28H,1H3. The molecule has 1 spiro atoms. The molecule has 4 aromatic rings. The summed E-state index contributed by atoms with van der Waals surface area (Å²) in [5, 5.41) is 10.1. The fourth-order valence-corrected chi connectivity index (χ4v) is 5.50. The van der Waals surface area contributed by atoms with E-state index in [2.05, 4.69) is 0 Å². The molecular formula is C27H18O7S. The van der Waals surface area contributed by atoms with E-state index in [0.717, 1.165) is 5.56 Å². The van der Waals surface area contributed by atoms with Crippen LogP contribution in [0, 0.1) is 6.92 Å². The van der Waals surface area contributed by atoms with Crippen LogP contribution >= 0.6 is 0 Å². The van der Waals surface area contributed by atoms with E-state index in [1.54, 1.807) is 42.5 Å². The fraction of sp³-hybridized carbons (Fsp3) is 0.0741. The molecule has 8 heteroatoms. The van der Waals surface area contributed by atoms with Crippen LogP contribution in [-0.4, -0.2) is 19.5 Å². The van der Waals surface area contributed by atoms with E-state index in [-0.39, 0.29) is 27.9 Å². The van der Waals surface area contributed by atoms with Gasteiger partial charge in [-0.2, -0.15) is 8.42 Å². The first kappa shape index (κ1) is 21.2. The smallest absolute Gasteiger partial charge is 0.340 e. The molecule has 35 heavy (non-hydrogen) atoms. The Kier molecular flexibility index (Phi) is 4.46. The second-order valence-electron chi connectivity index (χ2n) is 8.41. The highest BCUT2D eigenvalue weighted by atomic mass is 32.2. The summed E-state index contributed by atoms with van der Waals surface area (Å²) in [6.07, 6.45) is 0. The largest absolute Gasteiger partial charge is 0.508 e. The second kappa shape index (κ2) is 7.35. The molecule has 0 radical (unpaired) electrons. The zero-order chi connectivity index (χ0) is 24.4. The van der Waals surface area contributed by atoms with Gasteiger partial charge in [0.05, 0.1) is 5.56 Å². The number of fused-ring (bicyclic) bond motifs is 6. The summed E-state index contributed by atoms with van der Waals surface area (Å²) in [6, 6.07) is 22.5. The number of phenolic OH excluding ortho intramolecular Hbond substituents is 1. The number of ether oxygens (including phenoxy) is 2. The number of rotatable bonds is 3. The lowest BCUT2D eigenvalue weighted by Gasteiger charge is -2.36. The van der Waals surface area contributed by atoms with Gasteiger partial charge in [-0.25, -0.2) is 4.79 Å². The van der Waals surface area contributed by atoms with Gasteiger partial charge in [0.25, 0.3) is 0 Å². The van der Waals surface area contributed by atoms with Gasteiger partial charge in [0, 0.05) is 28.8 Å². The van der Waals surface area contributed by atoms with E-state index in [4.69, 9.17) is 13.7 Å². The van der Waals surface area contributed by atoms with Crippen LogP contribution in [0.5, 0.6) is 23.0 Å². The molecule has 0 fully saturated rings. The maximum Gasteiger partial charge on any atom is 0.340 e. The zero-order valence-electron chi connectivity index (χ0n) is 18.4. The summed E-state index contributed by atoms with van der Waals surface area (Å²) >= 11 is 0. The lowest BCUT2D eigenvalue weighted by Crippen LogP contribution is -2.33. The highest BCUT2D eigenvalue weighted by Crippen LogP contribution is 2.57. The number of carbonyl (C=O) groups excluding carboxylic acids is 1. The minimum atomic E-state index is -4.09. The Morgan fingerprint density at radius 2 is 1.51 bits per heavy atom. The number of aryl methyl sites for hydroxylation is 1. The predicted molar refractivity (Wildman–Crippen MR) is 125 cm³/mol. The van der Waals surface area contributed by atoms with Crippen molar-refractivity contribution < 1.29 is 32.0 Å². The van der Waals surface area contributed by atoms with Gasteiger partial charge in [-0.3, -0.25) is 0 Å². The first-order valence-corrected chi connectivity index (χ1v) is 12.2. The Labute approximate surface area is 201 Å². The van der Waals surface area contributed by atoms with Gasteiger partial charge < -0.3 is 18.8 Å². The number of phenols is 1.